The summed E-state index contributed by atoms with van der Waals surface area (Å²) in [4.78, 5) is 21.6. The van der Waals surface area contributed by atoms with Gasteiger partial charge in [0.1, 0.15) is 18.1 Å². The van der Waals surface area contributed by atoms with Crippen LogP contribution in [-0.4, -0.2) is 50.7 Å². The highest BCUT2D eigenvalue weighted by Crippen LogP contribution is 2.13. The molecule has 0 aliphatic carbocycles. The standard InChI is InChI=1S/C12H14O7S/c1-18-11(13)8-20(16,17)6-5-19-10-4-2-3-9(7-10)12(14)15/h2-4,7H,5-6,8H2,1H3,(H,14,15). The molecule has 1 N–H and O–H groups in total. The van der Waals surface area contributed by atoms with E-state index in [2.05, 4.69) is 4.74 Å². The minimum absolute atomic E-state index is 0.0416. The number of rotatable bonds is 7. The fraction of sp³-hybridized carbons (Fsp3) is 0.333. The van der Waals surface area contributed by atoms with Crippen LogP contribution in [0.3, 0.4) is 0 Å². The Balaban J connectivity index is 2.54. The Hall–Kier alpha value is -2.09. The second-order valence-corrected chi connectivity index (χ2v) is 6.03. The molecule has 0 aliphatic heterocycles. The first-order valence-corrected chi connectivity index (χ1v) is 7.39. The molecule has 0 spiro atoms. The molecule has 0 unspecified atom stereocenters. The molecule has 1 aromatic rings. The Bertz CT molecular complexity index is 592. The first kappa shape index (κ1) is 16.0. The SMILES string of the molecule is COC(=O)CS(=O)(=O)CCOc1cccc(C(=O)O)c1. The Morgan fingerprint density at radius 1 is 1.30 bits per heavy atom. The topological polar surface area (TPSA) is 107 Å². The molecule has 8 heteroatoms. The van der Waals surface area contributed by atoms with Gasteiger partial charge in [0.2, 0.25) is 0 Å². The number of ether oxygens (including phenoxy) is 2. The van der Waals surface area contributed by atoms with Crippen LogP contribution in [0.25, 0.3) is 0 Å². The molecule has 0 amide bonds. The van der Waals surface area contributed by atoms with Gasteiger partial charge < -0.3 is 14.6 Å². The van der Waals surface area contributed by atoms with Crippen molar-refractivity contribution in [1.82, 2.24) is 0 Å². The highest BCUT2D eigenvalue weighted by molar-refractivity contribution is 7.92. The third-order valence-electron chi connectivity index (χ3n) is 2.31. The molecule has 0 saturated carbocycles. The molecule has 0 aliphatic rings. The lowest BCUT2D eigenvalue weighted by molar-refractivity contribution is -0.137. The quantitative estimate of drug-likeness (QED) is 0.724. The zero-order valence-corrected chi connectivity index (χ0v) is 11.6. The summed E-state index contributed by atoms with van der Waals surface area (Å²) in [6.45, 7) is -0.178. The van der Waals surface area contributed by atoms with E-state index >= 15 is 0 Å². The monoisotopic (exact) mass is 302 g/mol. The molecular weight excluding hydrogens is 288 g/mol. The van der Waals surface area contributed by atoms with Crippen molar-refractivity contribution in [3.63, 3.8) is 0 Å². The summed E-state index contributed by atoms with van der Waals surface area (Å²) in [6, 6.07) is 5.68. The van der Waals surface area contributed by atoms with Gasteiger partial charge in [0.05, 0.1) is 18.4 Å². The van der Waals surface area contributed by atoms with Crippen LogP contribution >= 0.6 is 0 Å². The van der Waals surface area contributed by atoms with E-state index in [0.717, 1.165) is 7.11 Å². The van der Waals surface area contributed by atoms with Crippen LogP contribution in [0.15, 0.2) is 24.3 Å². The zero-order valence-electron chi connectivity index (χ0n) is 10.7. The van der Waals surface area contributed by atoms with E-state index in [9.17, 15) is 18.0 Å². The third-order valence-corrected chi connectivity index (χ3v) is 3.77. The number of benzene rings is 1. The maximum Gasteiger partial charge on any atom is 0.335 e. The van der Waals surface area contributed by atoms with E-state index in [1.54, 1.807) is 0 Å². The average Bonchev–Trinajstić information content (AvgIpc) is 2.38. The lowest BCUT2D eigenvalue weighted by Crippen LogP contribution is -2.23. The molecule has 7 nitrogen and oxygen atoms in total. The molecule has 0 radical (unpaired) electrons. The maximum atomic E-state index is 11.5. The van der Waals surface area contributed by atoms with Crippen LogP contribution in [0, 0.1) is 0 Å². The number of carbonyl (C=O) groups is 2. The second kappa shape index (κ2) is 6.90. The Morgan fingerprint density at radius 3 is 2.60 bits per heavy atom. The minimum Gasteiger partial charge on any atom is -0.493 e. The van der Waals surface area contributed by atoms with Crippen LogP contribution in [0.5, 0.6) is 5.75 Å². The van der Waals surface area contributed by atoms with Crippen molar-refractivity contribution in [3.05, 3.63) is 29.8 Å². The Kier molecular flexibility index (Phi) is 5.51. The number of hydrogen-bond acceptors (Lipinski definition) is 6. The lowest BCUT2D eigenvalue weighted by atomic mass is 10.2. The van der Waals surface area contributed by atoms with Crippen molar-refractivity contribution in [2.45, 2.75) is 0 Å². The highest BCUT2D eigenvalue weighted by Gasteiger charge is 2.17. The van der Waals surface area contributed by atoms with Crippen LogP contribution in [0.4, 0.5) is 0 Å². The third kappa shape index (κ3) is 5.27. The van der Waals surface area contributed by atoms with Gasteiger partial charge in [-0.3, -0.25) is 4.79 Å². The summed E-state index contributed by atoms with van der Waals surface area (Å²) < 4.78 is 32.4. The van der Waals surface area contributed by atoms with Crippen LogP contribution in [0.1, 0.15) is 10.4 Å². The summed E-state index contributed by atoms with van der Waals surface area (Å²) >= 11 is 0. The van der Waals surface area contributed by atoms with Gasteiger partial charge in [-0.15, -0.1) is 0 Å². The number of sulfone groups is 1. The summed E-state index contributed by atoms with van der Waals surface area (Å²) in [5.41, 5.74) is 0.0416. The highest BCUT2D eigenvalue weighted by atomic mass is 32.2. The van der Waals surface area contributed by atoms with Crippen molar-refractivity contribution >= 4 is 21.8 Å². The first-order chi connectivity index (χ1) is 9.34. The zero-order chi connectivity index (χ0) is 15.2. The average molecular weight is 302 g/mol. The van der Waals surface area contributed by atoms with Crippen molar-refractivity contribution in [3.8, 4) is 5.75 Å². The van der Waals surface area contributed by atoms with Gasteiger partial charge in [-0.2, -0.15) is 0 Å². The number of esters is 1. The minimum atomic E-state index is -3.61. The molecule has 1 aromatic carbocycles. The van der Waals surface area contributed by atoms with Crippen molar-refractivity contribution in [2.75, 3.05) is 25.2 Å². The first-order valence-electron chi connectivity index (χ1n) is 5.57. The fourth-order valence-corrected chi connectivity index (χ4v) is 2.27. The van der Waals surface area contributed by atoms with Crippen molar-refractivity contribution < 1.29 is 32.6 Å². The van der Waals surface area contributed by atoms with E-state index in [0.29, 0.717) is 0 Å². The van der Waals surface area contributed by atoms with Crippen LogP contribution < -0.4 is 4.74 Å². The summed E-state index contributed by atoms with van der Waals surface area (Å²) in [6.07, 6.45) is 0. The van der Waals surface area contributed by atoms with Gasteiger partial charge in [-0.05, 0) is 18.2 Å². The summed E-state index contributed by atoms with van der Waals surface area (Å²) in [7, 11) is -2.50. The lowest BCUT2D eigenvalue weighted by Gasteiger charge is -2.07. The molecule has 0 aromatic heterocycles. The van der Waals surface area contributed by atoms with E-state index in [1.165, 1.54) is 24.3 Å². The summed E-state index contributed by atoms with van der Waals surface area (Å²) in [5, 5.41) is 8.79. The number of aromatic carboxylic acids is 1. The molecule has 1 rings (SSSR count). The molecule has 0 bridgehead atoms. The molecule has 0 heterocycles. The van der Waals surface area contributed by atoms with Gasteiger partial charge in [0.25, 0.3) is 0 Å². The van der Waals surface area contributed by atoms with Gasteiger partial charge in [-0.1, -0.05) is 6.07 Å². The van der Waals surface area contributed by atoms with E-state index in [1.807, 2.05) is 0 Å². The Morgan fingerprint density at radius 2 is 2.00 bits per heavy atom. The van der Waals surface area contributed by atoms with E-state index < -0.39 is 27.5 Å². The molecule has 0 saturated heterocycles. The molecule has 110 valence electrons. The summed E-state index contributed by atoms with van der Waals surface area (Å²) in [5.74, 6) is -2.76. The van der Waals surface area contributed by atoms with Crippen LogP contribution in [0.2, 0.25) is 0 Å². The molecule has 0 fully saturated rings. The number of carboxylic acid groups (broad SMARTS) is 1. The van der Waals surface area contributed by atoms with Gasteiger partial charge in [0.15, 0.2) is 9.84 Å². The van der Waals surface area contributed by atoms with Crippen molar-refractivity contribution in [2.24, 2.45) is 0 Å². The van der Waals surface area contributed by atoms with Crippen molar-refractivity contribution in [1.29, 1.82) is 0 Å². The molecule has 20 heavy (non-hydrogen) atoms. The van der Waals surface area contributed by atoms with Gasteiger partial charge >= 0.3 is 11.9 Å². The largest absolute Gasteiger partial charge is 0.493 e. The van der Waals surface area contributed by atoms with E-state index in [4.69, 9.17) is 9.84 Å². The number of hydrogen-bond donors (Lipinski definition) is 1. The molecular formula is C12H14O7S. The number of carboxylic acids is 1. The number of carbonyl (C=O) groups excluding carboxylic acids is 1. The van der Waals surface area contributed by atoms with Gasteiger partial charge in [-0.25, -0.2) is 13.2 Å². The second-order valence-electron chi connectivity index (χ2n) is 3.85. The van der Waals surface area contributed by atoms with Crippen LogP contribution in [-0.2, 0) is 19.4 Å². The fourth-order valence-electron chi connectivity index (χ4n) is 1.32. The predicted molar refractivity (Wildman–Crippen MR) is 69.6 cm³/mol. The van der Waals surface area contributed by atoms with E-state index in [-0.39, 0.29) is 23.7 Å². The smallest absolute Gasteiger partial charge is 0.335 e. The normalized spacial score (nSPS) is 10.8. The predicted octanol–water partition coefficient (Wildman–Crippen LogP) is 0.351. The number of methoxy groups -OCH3 is 1. The molecule has 0 atom stereocenters. The van der Waals surface area contributed by atoms with Gasteiger partial charge in [0, 0.05) is 0 Å². The Labute approximate surface area is 116 Å². The maximum absolute atomic E-state index is 11.5.